The molecule has 176 valence electrons. The lowest BCUT2D eigenvalue weighted by atomic mass is 9.78. The smallest absolute Gasteiger partial charge is 0.303 e. The standard InChI is InChI=1S/C24H29Cl3O5/c1-15(12-28)13-30-19-7-5-17(6-8-19)24(3,4)18-9-21(26)23(22(27)10-18)31-14-20(11-25)32-16(2)29/h5-10,15,20,28H,11-14H2,1-4H3/t15-,20+/m0/s1. The molecule has 0 unspecified atom stereocenters. The minimum absolute atomic E-state index is 0.0433. The fraction of sp³-hybridized carbons (Fsp3) is 0.458. The summed E-state index contributed by atoms with van der Waals surface area (Å²) in [6.45, 7) is 7.96. The Labute approximate surface area is 204 Å². The maximum atomic E-state index is 11.1. The van der Waals surface area contributed by atoms with E-state index in [-0.39, 0.29) is 30.4 Å². The Balaban J connectivity index is 2.17. The molecule has 0 radical (unpaired) electrons. The Morgan fingerprint density at radius 3 is 2.12 bits per heavy atom. The number of carbonyl (C=O) groups excluding carboxylic acids is 1. The number of halogens is 3. The van der Waals surface area contributed by atoms with Gasteiger partial charge in [0.1, 0.15) is 18.5 Å². The van der Waals surface area contributed by atoms with Crippen LogP contribution in [0, 0.1) is 5.92 Å². The first-order valence-corrected chi connectivity index (χ1v) is 11.6. The SMILES string of the molecule is CC(=O)O[C@H](CCl)COc1c(Cl)cc(C(C)(C)c2ccc(OC[C@@H](C)CO)cc2)cc1Cl. The molecule has 2 rings (SSSR count). The largest absolute Gasteiger partial charge is 0.493 e. The first-order valence-electron chi connectivity index (χ1n) is 10.3. The van der Waals surface area contributed by atoms with E-state index in [9.17, 15) is 4.79 Å². The number of esters is 1. The molecule has 5 nitrogen and oxygen atoms in total. The number of rotatable bonds is 11. The minimum atomic E-state index is -0.599. The lowest BCUT2D eigenvalue weighted by Gasteiger charge is -2.27. The third-order valence-corrected chi connectivity index (χ3v) is 5.97. The van der Waals surface area contributed by atoms with Crippen LogP contribution in [0.5, 0.6) is 11.5 Å². The molecule has 0 aliphatic heterocycles. The van der Waals surface area contributed by atoms with E-state index in [1.54, 1.807) is 0 Å². The average molecular weight is 504 g/mol. The van der Waals surface area contributed by atoms with Gasteiger partial charge in [-0.15, -0.1) is 11.6 Å². The first kappa shape index (κ1) is 26.6. The quantitative estimate of drug-likeness (QED) is 0.307. The summed E-state index contributed by atoms with van der Waals surface area (Å²) in [4.78, 5) is 11.1. The van der Waals surface area contributed by atoms with Gasteiger partial charge in [-0.3, -0.25) is 4.79 Å². The fourth-order valence-electron chi connectivity index (χ4n) is 3.01. The molecule has 0 spiro atoms. The lowest BCUT2D eigenvalue weighted by Crippen LogP contribution is -2.26. The Morgan fingerprint density at radius 2 is 1.62 bits per heavy atom. The summed E-state index contributed by atoms with van der Waals surface area (Å²) in [5.74, 6) is 0.791. The van der Waals surface area contributed by atoms with Gasteiger partial charge in [0.2, 0.25) is 0 Å². The Hall–Kier alpha value is -1.66. The molecule has 1 N–H and O–H groups in total. The molecule has 0 aromatic heterocycles. The van der Waals surface area contributed by atoms with Crippen LogP contribution in [0.25, 0.3) is 0 Å². The molecule has 2 atom stereocenters. The topological polar surface area (TPSA) is 65.0 Å². The highest BCUT2D eigenvalue weighted by Crippen LogP contribution is 2.40. The molecule has 0 saturated carbocycles. The fourth-order valence-corrected chi connectivity index (χ4v) is 3.75. The van der Waals surface area contributed by atoms with Gasteiger partial charge in [0, 0.05) is 24.9 Å². The van der Waals surface area contributed by atoms with Crippen molar-refractivity contribution in [2.45, 2.75) is 39.2 Å². The monoisotopic (exact) mass is 502 g/mol. The van der Waals surface area contributed by atoms with E-state index in [1.165, 1.54) is 6.92 Å². The van der Waals surface area contributed by atoms with Gasteiger partial charge in [0.25, 0.3) is 0 Å². The molecule has 0 fully saturated rings. The number of hydrogen-bond acceptors (Lipinski definition) is 5. The number of carbonyl (C=O) groups is 1. The van der Waals surface area contributed by atoms with Gasteiger partial charge in [-0.05, 0) is 35.4 Å². The zero-order valence-corrected chi connectivity index (χ0v) is 20.9. The summed E-state index contributed by atoms with van der Waals surface area (Å²) in [5.41, 5.74) is 1.58. The molecule has 0 saturated heterocycles. The van der Waals surface area contributed by atoms with Gasteiger partial charge < -0.3 is 19.3 Å². The van der Waals surface area contributed by atoms with Crippen molar-refractivity contribution < 1.29 is 24.1 Å². The maximum Gasteiger partial charge on any atom is 0.303 e. The highest BCUT2D eigenvalue weighted by atomic mass is 35.5. The third kappa shape index (κ3) is 7.17. The van der Waals surface area contributed by atoms with E-state index in [2.05, 4.69) is 13.8 Å². The van der Waals surface area contributed by atoms with Crippen molar-refractivity contribution in [3.8, 4) is 11.5 Å². The summed E-state index contributed by atoms with van der Waals surface area (Å²) in [6.07, 6.45) is -0.599. The van der Waals surface area contributed by atoms with Gasteiger partial charge in [0.15, 0.2) is 5.75 Å². The lowest BCUT2D eigenvalue weighted by molar-refractivity contribution is -0.146. The minimum Gasteiger partial charge on any atom is -0.493 e. The predicted octanol–water partition coefficient (Wildman–Crippen LogP) is 5.88. The van der Waals surface area contributed by atoms with Crippen LogP contribution in [0.4, 0.5) is 0 Å². The van der Waals surface area contributed by atoms with E-state index in [0.29, 0.717) is 22.4 Å². The van der Waals surface area contributed by atoms with Gasteiger partial charge in [-0.1, -0.05) is 56.1 Å². The second-order valence-corrected chi connectivity index (χ2v) is 9.34. The predicted molar refractivity (Wildman–Crippen MR) is 129 cm³/mol. The van der Waals surface area contributed by atoms with E-state index in [1.807, 2.05) is 43.3 Å². The molecule has 2 aromatic rings. The molecule has 0 aliphatic carbocycles. The van der Waals surface area contributed by atoms with Gasteiger partial charge in [0.05, 0.1) is 22.5 Å². The van der Waals surface area contributed by atoms with E-state index >= 15 is 0 Å². The van der Waals surface area contributed by atoms with Crippen molar-refractivity contribution in [3.05, 3.63) is 57.6 Å². The van der Waals surface area contributed by atoms with E-state index in [0.717, 1.165) is 16.9 Å². The number of ether oxygens (including phenoxy) is 3. The summed E-state index contributed by atoms with van der Waals surface area (Å²) in [5, 5.41) is 9.84. The van der Waals surface area contributed by atoms with E-state index in [4.69, 9.17) is 54.1 Å². The summed E-state index contributed by atoms with van der Waals surface area (Å²) in [6, 6.07) is 11.4. The molecule has 0 amide bonds. The highest BCUT2D eigenvalue weighted by molar-refractivity contribution is 6.37. The molecular formula is C24H29Cl3O5. The summed E-state index contributed by atoms with van der Waals surface area (Å²) >= 11 is 18.8. The van der Waals surface area contributed by atoms with Crippen LogP contribution < -0.4 is 9.47 Å². The normalized spacial score (nSPS) is 13.4. The Kier molecular flexibility index (Phi) is 9.96. The van der Waals surface area contributed by atoms with Crippen molar-refractivity contribution in [1.82, 2.24) is 0 Å². The molecule has 2 aromatic carbocycles. The highest BCUT2D eigenvalue weighted by Gasteiger charge is 2.26. The molecule has 0 aliphatic rings. The van der Waals surface area contributed by atoms with Crippen LogP contribution in [0.3, 0.4) is 0 Å². The number of aliphatic hydroxyl groups is 1. The number of alkyl halides is 1. The van der Waals surface area contributed by atoms with Crippen molar-refractivity contribution >= 4 is 40.8 Å². The van der Waals surface area contributed by atoms with Crippen LogP contribution in [-0.4, -0.2) is 42.9 Å². The molecule has 0 bridgehead atoms. The van der Waals surface area contributed by atoms with Crippen LogP contribution in [-0.2, 0) is 14.9 Å². The van der Waals surface area contributed by atoms with E-state index < -0.39 is 12.1 Å². The number of hydrogen-bond donors (Lipinski definition) is 1. The van der Waals surface area contributed by atoms with Crippen molar-refractivity contribution in [2.75, 3.05) is 25.7 Å². The van der Waals surface area contributed by atoms with Gasteiger partial charge in [-0.25, -0.2) is 0 Å². The molecule has 8 heteroatoms. The third-order valence-electron chi connectivity index (χ3n) is 5.06. The zero-order valence-electron chi connectivity index (χ0n) is 18.7. The van der Waals surface area contributed by atoms with Crippen LogP contribution >= 0.6 is 34.8 Å². The van der Waals surface area contributed by atoms with Crippen molar-refractivity contribution in [2.24, 2.45) is 5.92 Å². The number of aliphatic hydroxyl groups excluding tert-OH is 1. The summed E-state index contributed by atoms with van der Waals surface area (Å²) < 4.78 is 16.5. The average Bonchev–Trinajstić information content (AvgIpc) is 2.75. The first-order chi connectivity index (χ1) is 15.1. The van der Waals surface area contributed by atoms with Crippen molar-refractivity contribution in [3.63, 3.8) is 0 Å². The van der Waals surface area contributed by atoms with Crippen LogP contribution in [0.1, 0.15) is 38.8 Å². The maximum absolute atomic E-state index is 11.1. The summed E-state index contributed by atoms with van der Waals surface area (Å²) in [7, 11) is 0. The molecular weight excluding hydrogens is 475 g/mol. The second kappa shape index (κ2) is 12.0. The Bertz CT molecular complexity index is 876. The van der Waals surface area contributed by atoms with Gasteiger partial charge >= 0.3 is 5.97 Å². The second-order valence-electron chi connectivity index (χ2n) is 8.21. The van der Waals surface area contributed by atoms with Gasteiger partial charge in [-0.2, -0.15) is 0 Å². The molecule has 0 heterocycles. The Morgan fingerprint density at radius 1 is 1.03 bits per heavy atom. The van der Waals surface area contributed by atoms with Crippen molar-refractivity contribution in [1.29, 1.82) is 0 Å². The van der Waals surface area contributed by atoms with Crippen LogP contribution in [0.15, 0.2) is 36.4 Å². The molecule has 32 heavy (non-hydrogen) atoms. The van der Waals surface area contributed by atoms with Crippen LogP contribution in [0.2, 0.25) is 10.0 Å². The zero-order chi connectivity index (χ0) is 23.9. The number of benzene rings is 2.